The van der Waals surface area contributed by atoms with Gasteiger partial charge in [-0.25, -0.2) is 4.79 Å². The van der Waals surface area contributed by atoms with Crippen molar-refractivity contribution >= 4 is 56.7 Å². The highest BCUT2D eigenvalue weighted by Crippen LogP contribution is 2.25. The maximum atomic E-state index is 12.1. The van der Waals surface area contributed by atoms with E-state index < -0.39 is 18.0 Å². The van der Waals surface area contributed by atoms with Crippen LogP contribution in [0.15, 0.2) is 46.9 Å². The second kappa shape index (κ2) is 7.81. The van der Waals surface area contributed by atoms with E-state index in [-0.39, 0.29) is 0 Å². The van der Waals surface area contributed by atoms with E-state index in [0.29, 0.717) is 21.3 Å². The summed E-state index contributed by atoms with van der Waals surface area (Å²) in [6, 6.07) is 11.3. The van der Waals surface area contributed by atoms with Crippen molar-refractivity contribution in [2.45, 2.75) is 13.0 Å². The number of hydrogen-bond donors (Lipinski definition) is 1. The molecule has 0 radical (unpaired) electrons. The molecule has 1 amide bonds. The Balaban J connectivity index is 2.01. The minimum absolute atomic E-state index is 0.342. The number of carbonyl (C=O) groups is 2. The van der Waals surface area contributed by atoms with Crippen LogP contribution < -0.4 is 5.32 Å². The van der Waals surface area contributed by atoms with Crippen LogP contribution in [0.3, 0.4) is 0 Å². The molecule has 1 unspecified atom stereocenters. The van der Waals surface area contributed by atoms with Gasteiger partial charge in [0, 0.05) is 9.50 Å². The van der Waals surface area contributed by atoms with Crippen LogP contribution in [0, 0.1) is 0 Å². The Morgan fingerprint density at radius 2 is 1.78 bits per heavy atom. The molecule has 0 aliphatic rings. The summed E-state index contributed by atoms with van der Waals surface area (Å²) in [5.74, 6) is -1.09. The Labute approximate surface area is 151 Å². The van der Waals surface area contributed by atoms with Crippen molar-refractivity contribution in [1.29, 1.82) is 0 Å². The number of carbonyl (C=O) groups excluding carboxylic acids is 2. The highest BCUT2D eigenvalue weighted by molar-refractivity contribution is 9.10. The Morgan fingerprint density at radius 3 is 2.43 bits per heavy atom. The average molecular weight is 417 g/mol. The topological polar surface area (TPSA) is 55.4 Å². The lowest BCUT2D eigenvalue weighted by atomic mass is 10.2. The maximum absolute atomic E-state index is 12.1. The van der Waals surface area contributed by atoms with E-state index in [0.717, 1.165) is 4.47 Å². The van der Waals surface area contributed by atoms with Crippen molar-refractivity contribution in [2.24, 2.45) is 0 Å². The molecule has 0 aliphatic carbocycles. The molecule has 0 heterocycles. The van der Waals surface area contributed by atoms with Crippen LogP contribution >= 0.6 is 39.1 Å². The molecule has 120 valence electrons. The summed E-state index contributed by atoms with van der Waals surface area (Å²) in [5.41, 5.74) is 0.712. The van der Waals surface area contributed by atoms with Gasteiger partial charge < -0.3 is 10.1 Å². The van der Waals surface area contributed by atoms with Crippen LogP contribution in [0.25, 0.3) is 0 Å². The summed E-state index contributed by atoms with van der Waals surface area (Å²) < 4.78 is 5.98. The van der Waals surface area contributed by atoms with E-state index >= 15 is 0 Å². The summed E-state index contributed by atoms with van der Waals surface area (Å²) in [5, 5.41) is 3.35. The number of ether oxygens (including phenoxy) is 1. The van der Waals surface area contributed by atoms with Gasteiger partial charge in [-0.3, -0.25) is 4.79 Å². The number of benzene rings is 2. The Morgan fingerprint density at radius 1 is 1.13 bits per heavy atom. The van der Waals surface area contributed by atoms with Crippen molar-refractivity contribution < 1.29 is 14.3 Å². The number of rotatable bonds is 4. The standard InChI is InChI=1S/C16H12BrCl2NO3/c1-9(23-16(22)10-2-4-11(17)5-3-10)15(21)20-14-8-12(18)6-7-13(14)19/h2-9H,1H3,(H,20,21). The van der Waals surface area contributed by atoms with Crippen molar-refractivity contribution in [3.63, 3.8) is 0 Å². The van der Waals surface area contributed by atoms with Crippen molar-refractivity contribution in [3.05, 3.63) is 62.5 Å². The van der Waals surface area contributed by atoms with E-state index in [1.165, 1.54) is 13.0 Å². The molecule has 0 saturated carbocycles. The third kappa shape index (κ3) is 4.96. The summed E-state index contributed by atoms with van der Waals surface area (Å²) in [6.45, 7) is 1.48. The molecule has 2 aromatic carbocycles. The fourth-order valence-corrected chi connectivity index (χ4v) is 2.30. The van der Waals surface area contributed by atoms with Crippen LogP contribution in [0.1, 0.15) is 17.3 Å². The lowest BCUT2D eigenvalue weighted by Gasteiger charge is -2.14. The summed E-state index contributed by atoms with van der Waals surface area (Å²) in [6.07, 6.45) is -0.985. The number of hydrogen-bond acceptors (Lipinski definition) is 3. The fourth-order valence-electron chi connectivity index (χ4n) is 1.70. The second-order valence-corrected chi connectivity index (χ2v) is 6.43. The van der Waals surface area contributed by atoms with Gasteiger partial charge in [-0.1, -0.05) is 39.1 Å². The SMILES string of the molecule is CC(OC(=O)c1ccc(Br)cc1)C(=O)Nc1cc(Cl)ccc1Cl. The van der Waals surface area contributed by atoms with Crippen LogP contribution in [0.2, 0.25) is 10.0 Å². The molecule has 1 N–H and O–H groups in total. The molecule has 0 bridgehead atoms. The quantitative estimate of drug-likeness (QED) is 0.718. The Hall–Kier alpha value is -1.56. The highest BCUT2D eigenvalue weighted by Gasteiger charge is 2.19. The van der Waals surface area contributed by atoms with Crippen molar-refractivity contribution in [1.82, 2.24) is 0 Å². The van der Waals surface area contributed by atoms with E-state index in [2.05, 4.69) is 21.2 Å². The van der Waals surface area contributed by atoms with E-state index in [1.807, 2.05) is 0 Å². The minimum Gasteiger partial charge on any atom is -0.449 e. The third-order valence-electron chi connectivity index (χ3n) is 2.92. The number of esters is 1. The molecule has 1 atom stereocenters. The molecule has 0 aliphatic heterocycles. The maximum Gasteiger partial charge on any atom is 0.338 e. The minimum atomic E-state index is -0.985. The van der Waals surface area contributed by atoms with Crippen LogP contribution in [0.4, 0.5) is 5.69 Å². The first-order valence-corrected chi connectivity index (χ1v) is 8.14. The first-order chi connectivity index (χ1) is 10.9. The van der Waals surface area contributed by atoms with Gasteiger partial charge in [-0.2, -0.15) is 0 Å². The van der Waals surface area contributed by atoms with Crippen molar-refractivity contribution in [3.8, 4) is 0 Å². The zero-order valence-corrected chi connectivity index (χ0v) is 15.1. The summed E-state index contributed by atoms with van der Waals surface area (Å²) in [4.78, 5) is 24.1. The smallest absolute Gasteiger partial charge is 0.338 e. The van der Waals surface area contributed by atoms with E-state index in [1.54, 1.807) is 36.4 Å². The number of halogens is 3. The molecule has 23 heavy (non-hydrogen) atoms. The zero-order chi connectivity index (χ0) is 17.0. The normalized spacial score (nSPS) is 11.7. The molecule has 2 rings (SSSR count). The lowest BCUT2D eigenvalue weighted by Crippen LogP contribution is -2.30. The van der Waals surface area contributed by atoms with Gasteiger partial charge in [0.2, 0.25) is 0 Å². The van der Waals surface area contributed by atoms with Gasteiger partial charge in [0.1, 0.15) is 0 Å². The molecular weight excluding hydrogens is 405 g/mol. The van der Waals surface area contributed by atoms with Gasteiger partial charge >= 0.3 is 5.97 Å². The van der Waals surface area contributed by atoms with Gasteiger partial charge in [0.15, 0.2) is 6.10 Å². The van der Waals surface area contributed by atoms with Gasteiger partial charge in [-0.05, 0) is 49.4 Å². The summed E-state index contributed by atoms with van der Waals surface area (Å²) >= 11 is 15.1. The monoisotopic (exact) mass is 415 g/mol. The molecule has 0 saturated heterocycles. The van der Waals surface area contributed by atoms with Crippen LogP contribution in [0.5, 0.6) is 0 Å². The first kappa shape index (κ1) is 17.8. The number of amides is 1. The summed E-state index contributed by atoms with van der Waals surface area (Å²) in [7, 11) is 0. The first-order valence-electron chi connectivity index (χ1n) is 6.59. The average Bonchev–Trinajstić information content (AvgIpc) is 2.51. The van der Waals surface area contributed by atoms with Gasteiger partial charge in [0.05, 0.1) is 16.3 Å². The number of anilines is 1. The third-order valence-corrected chi connectivity index (χ3v) is 4.01. The molecule has 7 heteroatoms. The Bertz CT molecular complexity index is 735. The zero-order valence-electron chi connectivity index (χ0n) is 12.0. The molecular formula is C16H12BrCl2NO3. The Kier molecular flexibility index (Phi) is 6.04. The van der Waals surface area contributed by atoms with Crippen LogP contribution in [-0.4, -0.2) is 18.0 Å². The van der Waals surface area contributed by atoms with Gasteiger partial charge in [0.25, 0.3) is 5.91 Å². The van der Waals surface area contributed by atoms with Gasteiger partial charge in [-0.15, -0.1) is 0 Å². The molecule has 0 spiro atoms. The number of nitrogens with one attached hydrogen (secondary N) is 1. The molecule has 4 nitrogen and oxygen atoms in total. The highest BCUT2D eigenvalue weighted by atomic mass is 79.9. The predicted octanol–water partition coefficient (Wildman–Crippen LogP) is 4.94. The fraction of sp³-hybridized carbons (Fsp3) is 0.125. The van der Waals surface area contributed by atoms with Crippen molar-refractivity contribution in [2.75, 3.05) is 5.32 Å². The van der Waals surface area contributed by atoms with Crippen LogP contribution in [-0.2, 0) is 9.53 Å². The second-order valence-electron chi connectivity index (χ2n) is 4.67. The molecule has 0 fully saturated rings. The predicted molar refractivity (Wildman–Crippen MR) is 94.1 cm³/mol. The van der Waals surface area contributed by atoms with E-state index in [9.17, 15) is 9.59 Å². The molecule has 0 aromatic heterocycles. The molecule has 2 aromatic rings. The largest absolute Gasteiger partial charge is 0.449 e. The van der Waals surface area contributed by atoms with E-state index in [4.69, 9.17) is 27.9 Å². The lowest BCUT2D eigenvalue weighted by molar-refractivity contribution is -0.123.